The molecule has 13 atom stereocenters. The minimum absolute atomic E-state index is 0.0182. The second-order valence-electron chi connectivity index (χ2n) is 22.2. The van der Waals surface area contributed by atoms with Gasteiger partial charge in [-0.3, -0.25) is 14.5 Å². The Morgan fingerprint density at radius 1 is 0.833 bits per heavy atom. The van der Waals surface area contributed by atoms with E-state index in [0.717, 1.165) is 32.4 Å². The fraction of sp³-hybridized carbons (Fsp3) is 0.955. The van der Waals surface area contributed by atoms with Crippen molar-refractivity contribution in [1.82, 2.24) is 10.2 Å². The molecule has 0 aromatic carbocycles. The van der Waals surface area contributed by atoms with Crippen LogP contribution >= 0.6 is 0 Å². The number of fused-ring (bicyclic) bond motifs is 7. The van der Waals surface area contributed by atoms with E-state index >= 15 is 0 Å². The fourth-order valence-corrected chi connectivity index (χ4v) is 16.8. The Hall–Kier alpha value is -1.23. The second-order valence-corrected chi connectivity index (χ2v) is 24.5. The summed E-state index contributed by atoms with van der Waals surface area (Å²) in [5.74, 6) is 2.40. The number of carbonyl (C=O) groups excluding carboxylic acids is 1. The summed E-state index contributed by atoms with van der Waals surface area (Å²) in [6, 6.07) is -0.0182. The van der Waals surface area contributed by atoms with Crippen molar-refractivity contribution in [3.63, 3.8) is 0 Å². The first-order valence-corrected chi connectivity index (χ1v) is 23.7. The fourth-order valence-electron chi connectivity index (χ4n) is 15.5. The van der Waals surface area contributed by atoms with E-state index in [1.807, 2.05) is 13.8 Å². The summed E-state index contributed by atoms with van der Waals surface area (Å²) in [5, 5.41) is 13.9. The SMILES string of the molecule is CC(C)[C@@H]1CC[C@]2(NC[C@H](N)CN3CCS(=O)(=O)CC3)CC[C@]3(C)[C@H](CC[C@@H]4[C@@]5(C)CC[C@H](OC(=O)[C@H]6C[C@@H](C(=O)O)C6(C)C)C(C)(C)[C@@H]5CC[C@]43C)[C@@H]12. The van der Waals surface area contributed by atoms with E-state index in [1.165, 1.54) is 44.9 Å². The number of nitrogens with two attached hydrogens (primary N) is 1. The summed E-state index contributed by atoms with van der Waals surface area (Å²) in [6.07, 6.45) is 12.1. The number of carboxylic acids is 1. The summed E-state index contributed by atoms with van der Waals surface area (Å²) in [6.45, 7) is 24.2. The summed E-state index contributed by atoms with van der Waals surface area (Å²) >= 11 is 0. The normalized spacial score (nSPS) is 46.9. The number of nitrogens with one attached hydrogen (secondary N) is 1. The van der Waals surface area contributed by atoms with Gasteiger partial charge in [-0.25, -0.2) is 8.42 Å². The maximum absolute atomic E-state index is 13.6. The van der Waals surface area contributed by atoms with Crippen LogP contribution in [0.15, 0.2) is 0 Å². The van der Waals surface area contributed by atoms with Crippen molar-refractivity contribution in [2.45, 2.75) is 151 Å². The van der Waals surface area contributed by atoms with Crippen LogP contribution in [-0.2, 0) is 24.2 Å². The van der Waals surface area contributed by atoms with Crippen LogP contribution in [0.25, 0.3) is 0 Å². The van der Waals surface area contributed by atoms with Crippen molar-refractivity contribution >= 4 is 21.8 Å². The molecule has 1 saturated heterocycles. The third kappa shape index (κ3) is 6.26. The highest BCUT2D eigenvalue weighted by Crippen LogP contribution is 2.76. The van der Waals surface area contributed by atoms with Gasteiger partial charge in [0.2, 0.25) is 0 Å². The topological polar surface area (TPSA) is 139 Å². The van der Waals surface area contributed by atoms with Gasteiger partial charge in [0, 0.05) is 43.2 Å². The Morgan fingerprint density at radius 2 is 1.52 bits per heavy atom. The third-order valence-electron chi connectivity index (χ3n) is 19.0. The zero-order chi connectivity index (χ0) is 39.4. The van der Waals surface area contributed by atoms with Gasteiger partial charge in [-0.15, -0.1) is 0 Å². The molecule has 7 aliphatic rings. The van der Waals surface area contributed by atoms with E-state index in [2.05, 4.69) is 58.7 Å². The van der Waals surface area contributed by atoms with Crippen LogP contribution in [-0.4, -0.2) is 85.7 Å². The van der Waals surface area contributed by atoms with Crippen LogP contribution in [0.4, 0.5) is 0 Å². The number of aliphatic carboxylic acids is 1. The average Bonchev–Trinajstić information content (AvgIpc) is 3.46. The Labute approximate surface area is 327 Å². The monoisotopic (exact) mass is 774 g/mol. The second kappa shape index (κ2) is 13.7. The number of nitrogens with zero attached hydrogens (tertiary/aromatic N) is 1. The van der Waals surface area contributed by atoms with Gasteiger partial charge in [-0.2, -0.15) is 0 Å². The Kier molecular flexibility index (Phi) is 10.4. The van der Waals surface area contributed by atoms with Crippen LogP contribution in [0.1, 0.15) is 133 Å². The van der Waals surface area contributed by atoms with Gasteiger partial charge in [-0.05, 0) is 128 Å². The first-order valence-electron chi connectivity index (χ1n) is 21.9. The van der Waals surface area contributed by atoms with E-state index in [-0.39, 0.29) is 62.7 Å². The molecule has 0 amide bonds. The molecule has 9 nitrogen and oxygen atoms in total. The molecule has 0 radical (unpaired) electrons. The number of sulfone groups is 1. The van der Waals surface area contributed by atoms with Crippen LogP contribution < -0.4 is 11.1 Å². The summed E-state index contributed by atoms with van der Waals surface area (Å²) < 4.78 is 30.5. The van der Waals surface area contributed by atoms with E-state index in [1.54, 1.807) is 0 Å². The molecule has 6 saturated carbocycles. The lowest BCUT2D eigenvalue weighted by molar-refractivity contribution is -0.249. The summed E-state index contributed by atoms with van der Waals surface area (Å²) in [4.78, 5) is 27.6. The Balaban J connectivity index is 1.07. The molecule has 10 heteroatoms. The first kappa shape index (κ1) is 40.9. The molecule has 0 aromatic heterocycles. The van der Waals surface area contributed by atoms with E-state index in [0.29, 0.717) is 55.0 Å². The molecule has 4 N–H and O–H groups in total. The zero-order valence-electron chi connectivity index (χ0n) is 35.2. The molecule has 54 heavy (non-hydrogen) atoms. The quantitative estimate of drug-likeness (QED) is 0.217. The average molecular weight is 774 g/mol. The van der Waals surface area contributed by atoms with Crippen LogP contribution in [0.2, 0.25) is 0 Å². The van der Waals surface area contributed by atoms with Gasteiger partial charge in [0.1, 0.15) is 6.10 Å². The highest BCUT2D eigenvalue weighted by atomic mass is 32.2. The maximum atomic E-state index is 13.6. The Bertz CT molecular complexity index is 1570. The number of rotatable bonds is 9. The van der Waals surface area contributed by atoms with Crippen molar-refractivity contribution in [3.8, 4) is 0 Å². The highest BCUT2D eigenvalue weighted by molar-refractivity contribution is 7.91. The molecular formula is C44H75N3O6S. The highest BCUT2D eigenvalue weighted by Gasteiger charge is 2.71. The first-order chi connectivity index (χ1) is 25.0. The van der Waals surface area contributed by atoms with Crippen molar-refractivity contribution in [3.05, 3.63) is 0 Å². The third-order valence-corrected chi connectivity index (χ3v) is 20.6. The molecule has 0 spiro atoms. The lowest BCUT2D eigenvalue weighted by atomic mass is 9.32. The molecule has 1 heterocycles. The number of hydrogen-bond acceptors (Lipinski definition) is 8. The van der Waals surface area contributed by atoms with Crippen LogP contribution in [0.3, 0.4) is 0 Å². The van der Waals surface area contributed by atoms with Crippen molar-refractivity contribution in [1.29, 1.82) is 0 Å². The van der Waals surface area contributed by atoms with Gasteiger partial charge in [-0.1, -0.05) is 62.3 Å². The van der Waals surface area contributed by atoms with Crippen molar-refractivity contribution in [2.75, 3.05) is 37.7 Å². The van der Waals surface area contributed by atoms with Gasteiger partial charge < -0.3 is 20.9 Å². The van der Waals surface area contributed by atoms with Gasteiger partial charge in [0.05, 0.1) is 23.3 Å². The molecule has 0 aromatic rings. The van der Waals surface area contributed by atoms with Gasteiger partial charge in [0.15, 0.2) is 9.84 Å². The molecule has 6 aliphatic carbocycles. The number of carboxylic acid groups (broad SMARTS) is 1. The number of ether oxygens (including phenoxy) is 1. The van der Waals surface area contributed by atoms with E-state index < -0.39 is 27.1 Å². The van der Waals surface area contributed by atoms with Gasteiger partial charge >= 0.3 is 11.9 Å². The molecule has 308 valence electrons. The lowest BCUT2D eigenvalue weighted by Gasteiger charge is -2.73. The minimum Gasteiger partial charge on any atom is -0.481 e. The number of esters is 1. The molecule has 0 unspecified atom stereocenters. The van der Waals surface area contributed by atoms with E-state index in [4.69, 9.17) is 10.5 Å². The van der Waals surface area contributed by atoms with Gasteiger partial charge in [0.25, 0.3) is 0 Å². The van der Waals surface area contributed by atoms with Crippen molar-refractivity contribution in [2.24, 2.45) is 80.2 Å². The molecule has 0 bridgehead atoms. The summed E-state index contributed by atoms with van der Waals surface area (Å²) in [7, 11) is -2.90. The predicted octanol–water partition coefficient (Wildman–Crippen LogP) is 6.78. The lowest BCUT2D eigenvalue weighted by Crippen LogP contribution is -2.69. The minimum atomic E-state index is -2.90. The largest absolute Gasteiger partial charge is 0.481 e. The molecule has 1 aliphatic heterocycles. The molecular weight excluding hydrogens is 699 g/mol. The van der Waals surface area contributed by atoms with Crippen LogP contribution in [0.5, 0.6) is 0 Å². The van der Waals surface area contributed by atoms with E-state index in [9.17, 15) is 23.1 Å². The van der Waals surface area contributed by atoms with Crippen LogP contribution in [0, 0.1) is 74.4 Å². The zero-order valence-corrected chi connectivity index (χ0v) is 36.0. The smallest absolute Gasteiger partial charge is 0.309 e. The summed E-state index contributed by atoms with van der Waals surface area (Å²) in [5.41, 5.74) is 6.88. The number of hydrogen-bond donors (Lipinski definition) is 3. The molecule has 7 rings (SSSR count). The van der Waals surface area contributed by atoms with Crippen molar-refractivity contribution < 1.29 is 27.9 Å². The number of carbonyl (C=O) groups is 2. The maximum Gasteiger partial charge on any atom is 0.309 e. The predicted molar refractivity (Wildman–Crippen MR) is 213 cm³/mol. The Morgan fingerprint density at radius 3 is 2.15 bits per heavy atom. The molecule has 7 fully saturated rings. The standard InChI is InChI=1S/C44H75N3O6S/c1-27(2)29-12-17-44(46-25-28(45)26-47-20-22-54(51,52)23-21-47)19-18-42(8)30(36(29)44)10-11-34-41(7)15-14-35(40(5,6)33(41)13-16-43(34,42)9)53-38(50)32-24-31(37(48)49)39(32,3)4/h27-36,46H,10-26,45H2,1-9H3,(H,48,49)/t28-,29-,30+,31-,32+,33-,34+,35-,36+,41-,42+,43+,44-/m0/s1.